The first-order chi connectivity index (χ1) is 8.17. The van der Waals surface area contributed by atoms with Gasteiger partial charge >= 0.3 is 5.97 Å². The fourth-order valence-corrected chi connectivity index (χ4v) is 2.66. The van der Waals surface area contributed by atoms with Gasteiger partial charge in [-0.3, -0.25) is 9.59 Å². The number of hydrogen-bond donors (Lipinski definition) is 1. The Morgan fingerprint density at radius 3 is 2.39 bits per heavy atom. The van der Waals surface area contributed by atoms with Crippen molar-refractivity contribution in [1.82, 2.24) is 0 Å². The highest BCUT2D eigenvalue weighted by Gasteiger charge is 2.44. The first kappa shape index (κ1) is 14.6. The molecule has 1 N–H and O–H groups in total. The van der Waals surface area contributed by atoms with Gasteiger partial charge in [0.05, 0.1) is 5.92 Å². The average Bonchev–Trinajstić information content (AvgIpc) is 2.22. The van der Waals surface area contributed by atoms with Crippen molar-refractivity contribution in [3.8, 4) is 0 Å². The summed E-state index contributed by atoms with van der Waals surface area (Å²) in [4.78, 5) is 34.2. The molecular weight excluding hydrogens is 232 g/mol. The Hall–Kier alpha value is -1.45. The Morgan fingerprint density at radius 2 is 1.94 bits per heavy atom. The minimum atomic E-state index is -0.943. The summed E-state index contributed by atoms with van der Waals surface area (Å²) in [5.41, 5.74) is 0.888. The normalized spacial score (nSPS) is 23.1. The van der Waals surface area contributed by atoms with Crippen LogP contribution >= 0.6 is 0 Å². The zero-order valence-electron chi connectivity index (χ0n) is 11.4. The number of carboxylic acids is 1. The number of ketones is 2. The van der Waals surface area contributed by atoms with E-state index in [1.807, 2.05) is 13.8 Å². The Balaban J connectivity index is 3.14. The molecule has 1 atom stereocenters. The molecule has 0 radical (unpaired) electrons. The molecular formula is C14H20O4. The van der Waals surface area contributed by atoms with Gasteiger partial charge in [0.25, 0.3) is 0 Å². The monoisotopic (exact) mass is 252 g/mol. The van der Waals surface area contributed by atoms with E-state index in [1.165, 1.54) is 6.92 Å². The summed E-state index contributed by atoms with van der Waals surface area (Å²) < 4.78 is 0. The summed E-state index contributed by atoms with van der Waals surface area (Å²) in [6.45, 7) is 6.92. The van der Waals surface area contributed by atoms with Gasteiger partial charge in [-0.1, -0.05) is 19.4 Å². The number of carboxylic acid groups (broad SMARTS) is 1. The van der Waals surface area contributed by atoms with Gasteiger partial charge in [-0.25, -0.2) is 0 Å². The van der Waals surface area contributed by atoms with E-state index in [0.717, 1.165) is 5.57 Å². The molecule has 0 aromatic carbocycles. The molecule has 0 aromatic heterocycles. The third-order valence-corrected chi connectivity index (χ3v) is 3.93. The molecule has 1 rings (SSSR count). The molecule has 1 aliphatic rings. The third kappa shape index (κ3) is 2.68. The topological polar surface area (TPSA) is 71.4 Å². The molecule has 0 heterocycles. The summed E-state index contributed by atoms with van der Waals surface area (Å²) >= 11 is 0. The molecule has 4 nitrogen and oxygen atoms in total. The molecule has 0 saturated heterocycles. The van der Waals surface area contributed by atoms with Crippen molar-refractivity contribution < 1.29 is 19.5 Å². The van der Waals surface area contributed by atoms with Crippen molar-refractivity contribution in [2.75, 3.05) is 0 Å². The summed E-state index contributed by atoms with van der Waals surface area (Å²) in [7, 11) is 0. The fraction of sp³-hybridized carbons (Fsp3) is 0.643. The summed E-state index contributed by atoms with van der Waals surface area (Å²) in [6, 6.07) is 0. The summed E-state index contributed by atoms with van der Waals surface area (Å²) in [6.07, 6.45) is 0.886. The Labute approximate surface area is 107 Å². The van der Waals surface area contributed by atoms with E-state index in [1.54, 1.807) is 6.92 Å². The number of aliphatic carboxylic acids is 1. The van der Waals surface area contributed by atoms with Crippen LogP contribution in [0.15, 0.2) is 11.1 Å². The predicted octanol–water partition coefficient (Wildman–Crippen LogP) is 2.37. The van der Waals surface area contributed by atoms with Crippen LogP contribution in [0.5, 0.6) is 0 Å². The fourth-order valence-electron chi connectivity index (χ4n) is 2.66. The van der Waals surface area contributed by atoms with Crippen LogP contribution in [0.25, 0.3) is 0 Å². The lowest BCUT2D eigenvalue weighted by molar-refractivity contribution is -0.147. The molecule has 0 bridgehead atoms. The largest absolute Gasteiger partial charge is 0.481 e. The lowest BCUT2D eigenvalue weighted by Crippen LogP contribution is -2.39. The summed E-state index contributed by atoms with van der Waals surface area (Å²) in [5, 5.41) is 9.23. The van der Waals surface area contributed by atoms with Crippen LogP contribution in [0, 0.1) is 11.3 Å². The first-order valence-electron chi connectivity index (χ1n) is 6.13. The van der Waals surface area contributed by atoms with Crippen molar-refractivity contribution >= 4 is 17.5 Å². The van der Waals surface area contributed by atoms with E-state index >= 15 is 0 Å². The van der Waals surface area contributed by atoms with Crippen molar-refractivity contribution in [3.63, 3.8) is 0 Å². The summed E-state index contributed by atoms with van der Waals surface area (Å²) in [5.74, 6) is -1.70. The maximum atomic E-state index is 11.8. The maximum absolute atomic E-state index is 11.8. The molecule has 0 aromatic rings. The van der Waals surface area contributed by atoms with E-state index < -0.39 is 17.3 Å². The molecule has 4 heteroatoms. The van der Waals surface area contributed by atoms with Crippen molar-refractivity contribution in [3.05, 3.63) is 11.1 Å². The Kier molecular flexibility index (Phi) is 4.09. The number of hydrogen-bond acceptors (Lipinski definition) is 3. The van der Waals surface area contributed by atoms with Gasteiger partial charge in [0.15, 0.2) is 5.78 Å². The van der Waals surface area contributed by atoms with Crippen LogP contribution in [0.3, 0.4) is 0 Å². The van der Waals surface area contributed by atoms with Crippen LogP contribution in [-0.4, -0.2) is 22.6 Å². The highest BCUT2D eigenvalue weighted by atomic mass is 16.4. The number of allylic oxidation sites excluding steroid dienone is 2. The van der Waals surface area contributed by atoms with E-state index in [4.69, 9.17) is 0 Å². The third-order valence-electron chi connectivity index (χ3n) is 3.93. The quantitative estimate of drug-likeness (QED) is 0.833. The standard InChI is InChI=1S/C14H20O4/c1-8(15)5-6-10-9(2)12(16)7-11(13(17)18)14(10,3)4/h11H,5-7H2,1-4H3,(H,17,18). The van der Waals surface area contributed by atoms with Gasteiger partial charge in [0.2, 0.25) is 0 Å². The highest BCUT2D eigenvalue weighted by molar-refractivity contribution is 5.99. The lowest BCUT2D eigenvalue weighted by atomic mass is 9.64. The number of carbonyl (C=O) groups excluding carboxylic acids is 2. The van der Waals surface area contributed by atoms with Gasteiger partial charge in [-0.15, -0.1) is 0 Å². The first-order valence-corrected chi connectivity index (χ1v) is 6.13. The Morgan fingerprint density at radius 1 is 1.39 bits per heavy atom. The van der Waals surface area contributed by atoms with E-state index in [9.17, 15) is 19.5 Å². The minimum absolute atomic E-state index is 0.0518. The molecule has 18 heavy (non-hydrogen) atoms. The van der Waals surface area contributed by atoms with E-state index in [0.29, 0.717) is 18.4 Å². The van der Waals surface area contributed by atoms with Gasteiger partial charge in [-0.2, -0.15) is 0 Å². The van der Waals surface area contributed by atoms with Crippen molar-refractivity contribution in [2.24, 2.45) is 11.3 Å². The van der Waals surface area contributed by atoms with Gasteiger partial charge < -0.3 is 9.90 Å². The molecule has 0 spiro atoms. The van der Waals surface area contributed by atoms with Crippen LogP contribution < -0.4 is 0 Å². The zero-order chi connectivity index (χ0) is 14.1. The highest BCUT2D eigenvalue weighted by Crippen LogP contribution is 2.45. The SMILES string of the molecule is CC(=O)CCC1=C(C)C(=O)CC(C(=O)O)C1(C)C. The van der Waals surface area contributed by atoms with Crippen LogP contribution in [0.2, 0.25) is 0 Å². The lowest BCUT2D eigenvalue weighted by Gasteiger charge is -2.39. The smallest absolute Gasteiger partial charge is 0.307 e. The molecule has 0 saturated carbocycles. The average molecular weight is 252 g/mol. The molecule has 100 valence electrons. The predicted molar refractivity (Wildman–Crippen MR) is 67.1 cm³/mol. The second kappa shape index (κ2) is 5.04. The Bertz CT molecular complexity index is 429. The molecule has 1 aliphatic carbocycles. The van der Waals surface area contributed by atoms with Crippen molar-refractivity contribution in [1.29, 1.82) is 0 Å². The maximum Gasteiger partial charge on any atom is 0.307 e. The second-order valence-electron chi connectivity index (χ2n) is 5.55. The molecule has 1 unspecified atom stereocenters. The second-order valence-corrected chi connectivity index (χ2v) is 5.55. The van der Waals surface area contributed by atoms with Gasteiger partial charge in [0.1, 0.15) is 5.78 Å². The van der Waals surface area contributed by atoms with E-state index in [2.05, 4.69) is 0 Å². The number of carbonyl (C=O) groups is 3. The minimum Gasteiger partial charge on any atom is -0.481 e. The number of rotatable bonds is 4. The van der Waals surface area contributed by atoms with Crippen LogP contribution in [0.1, 0.15) is 47.0 Å². The number of Topliss-reactive ketones (excluding diaryl/α,β-unsaturated/α-hetero) is 2. The molecule has 0 fully saturated rings. The molecule has 0 amide bonds. The van der Waals surface area contributed by atoms with Gasteiger partial charge in [-0.05, 0) is 25.8 Å². The molecule has 0 aliphatic heterocycles. The van der Waals surface area contributed by atoms with E-state index in [-0.39, 0.29) is 18.0 Å². The van der Waals surface area contributed by atoms with Crippen molar-refractivity contribution in [2.45, 2.75) is 47.0 Å². The van der Waals surface area contributed by atoms with Crippen LogP contribution in [-0.2, 0) is 14.4 Å². The zero-order valence-corrected chi connectivity index (χ0v) is 11.4. The van der Waals surface area contributed by atoms with Gasteiger partial charge in [0, 0.05) is 18.3 Å². The van der Waals surface area contributed by atoms with Crippen LogP contribution in [0.4, 0.5) is 0 Å².